The van der Waals surface area contributed by atoms with Gasteiger partial charge in [-0.25, -0.2) is 0 Å². The van der Waals surface area contributed by atoms with Crippen LogP contribution in [0, 0.1) is 0 Å². The van der Waals surface area contributed by atoms with E-state index in [4.69, 9.17) is 54.8 Å². The molecule has 0 spiro atoms. The largest absolute Gasteiger partial charge is 0.350 e. The summed E-state index contributed by atoms with van der Waals surface area (Å²) < 4.78 is 25.3. The molecule has 0 aromatic carbocycles. The van der Waals surface area contributed by atoms with Gasteiger partial charge in [0.15, 0.2) is 0 Å². The van der Waals surface area contributed by atoms with Crippen molar-refractivity contribution in [3.63, 3.8) is 0 Å². The maximum atomic E-state index is 8.29. The standard InChI is InChI=1S/2C2H4Cl2O.O2S/c2*3-1-5-2-4;1-3-2/h2*1-2H2;. The average Bonchev–Trinajstić information content (AvgIpc) is 2.09. The Bertz CT molecular complexity index is 90.1. The fourth-order valence-corrected chi connectivity index (χ4v) is 0.525. The lowest BCUT2D eigenvalue weighted by Crippen LogP contribution is -1.78. The van der Waals surface area contributed by atoms with Crippen LogP contribution in [0.25, 0.3) is 0 Å². The zero-order valence-corrected chi connectivity index (χ0v) is 10.2. The first-order valence-electron chi connectivity index (χ1n) is 2.56. The van der Waals surface area contributed by atoms with E-state index in [-0.39, 0.29) is 24.3 Å². The average molecular weight is 294 g/mol. The van der Waals surface area contributed by atoms with Gasteiger partial charge in [0.2, 0.25) is 0 Å². The Morgan fingerprint density at radius 1 is 0.769 bits per heavy atom. The van der Waals surface area contributed by atoms with Gasteiger partial charge in [0.25, 0.3) is 0 Å². The van der Waals surface area contributed by atoms with Crippen molar-refractivity contribution >= 4 is 58.0 Å². The number of alkyl halides is 4. The van der Waals surface area contributed by atoms with Crippen LogP contribution >= 0.6 is 46.4 Å². The predicted molar refractivity (Wildman–Crippen MR) is 54.0 cm³/mol. The van der Waals surface area contributed by atoms with Gasteiger partial charge in [-0.05, 0) is 0 Å². The van der Waals surface area contributed by atoms with Gasteiger partial charge in [0, 0.05) is 0 Å². The molecule has 0 aromatic rings. The zero-order chi connectivity index (χ0) is 10.9. The highest BCUT2D eigenvalue weighted by Gasteiger charge is 1.68. The smallest absolute Gasteiger partial charge is 0.335 e. The normalized spacial score (nSPS) is 7.38. The topological polar surface area (TPSA) is 52.6 Å². The van der Waals surface area contributed by atoms with Crippen LogP contribution in [0.4, 0.5) is 0 Å². The van der Waals surface area contributed by atoms with Crippen molar-refractivity contribution in [3.05, 3.63) is 0 Å². The van der Waals surface area contributed by atoms with E-state index in [0.717, 1.165) is 0 Å². The third kappa shape index (κ3) is 63.8. The lowest BCUT2D eigenvalue weighted by atomic mass is 11.5. The second kappa shape index (κ2) is 29.3. The summed E-state index contributed by atoms with van der Waals surface area (Å²) in [7, 11) is 0. The lowest BCUT2D eigenvalue weighted by Gasteiger charge is -1.82. The van der Waals surface area contributed by atoms with Crippen LogP contribution in [0.2, 0.25) is 0 Å². The van der Waals surface area contributed by atoms with E-state index >= 15 is 0 Å². The van der Waals surface area contributed by atoms with E-state index in [1.54, 1.807) is 0 Å². The molecule has 0 atom stereocenters. The molecule has 0 aliphatic carbocycles. The van der Waals surface area contributed by atoms with E-state index < -0.39 is 11.6 Å². The summed E-state index contributed by atoms with van der Waals surface area (Å²) in [6, 6.07) is 0.736. The minimum Gasteiger partial charge on any atom is -0.350 e. The summed E-state index contributed by atoms with van der Waals surface area (Å²) in [4.78, 5) is 0. The maximum Gasteiger partial charge on any atom is 0.335 e. The fraction of sp³-hybridized carbons (Fsp3) is 1.00. The molecule has 0 radical (unpaired) electrons. The molecule has 0 unspecified atom stereocenters. The summed E-state index contributed by atoms with van der Waals surface area (Å²) >= 11 is 19.2. The van der Waals surface area contributed by atoms with Crippen molar-refractivity contribution in [2.45, 2.75) is 0 Å². The van der Waals surface area contributed by atoms with Gasteiger partial charge in [0.05, 0.1) is 0 Å². The minimum atomic E-state index is -0.750. The first-order chi connectivity index (χ1) is 6.24. The Labute approximate surface area is 100.0 Å². The molecule has 4 nitrogen and oxygen atoms in total. The molecule has 0 aromatic heterocycles. The molecule has 0 rings (SSSR count). The number of hydrogen-bond donors (Lipinski definition) is 0. The van der Waals surface area contributed by atoms with E-state index in [9.17, 15) is 0 Å². The van der Waals surface area contributed by atoms with Crippen LogP contribution in [0.5, 0.6) is 0 Å². The molecule has 0 saturated heterocycles. The number of halogens is 4. The second-order valence-electron chi connectivity index (χ2n) is 0.913. The van der Waals surface area contributed by atoms with Crippen LogP contribution in [0.15, 0.2) is 0 Å². The summed E-state index contributed by atoms with van der Waals surface area (Å²) in [5, 5.41) is 0. The fourth-order valence-electron chi connectivity index (χ4n) is 0.0583. The minimum absolute atomic E-state index is 0.184. The van der Waals surface area contributed by atoms with Gasteiger partial charge >= 0.3 is 11.6 Å². The molecule has 0 fully saturated rings. The monoisotopic (exact) mass is 292 g/mol. The molecule has 0 amide bonds. The highest BCUT2D eigenvalue weighted by Crippen LogP contribution is 1.79. The SMILES string of the molecule is ClCOCCl.ClCOCCl.O=S=O. The van der Waals surface area contributed by atoms with E-state index in [0.29, 0.717) is 0 Å². The molecular formula is C4H8Cl4O4S. The molecule has 0 heterocycles. The quantitative estimate of drug-likeness (QED) is 0.745. The zero-order valence-electron chi connectivity index (χ0n) is 6.38. The molecule has 0 N–H and O–H groups in total. The van der Waals surface area contributed by atoms with Crippen LogP contribution in [-0.4, -0.2) is 32.7 Å². The third-order valence-corrected chi connectivity index (χ3v) is 0.926. The van der Waals surface area contributed by atoms with Gasteiger partial charge in [0.1, 0.15) is 24.3 Å². The first-order valence-corrected chi connectivity index (χ1v) is 5.36. The van der Waals surface area contributed by atoms with Crippen LogP contribution in [0.1, 0.15) is 0 Å². The highest BCUT2D eigenvalue weighted by atomic mass is 35.5. The van der Waals surface area contributed by atoms with Crippen molar-refractivity contribution in [2.75, 3.05) is 24.3 Å². The van der Waals surface area contributed by atoms with Crippen LogP contribution < -0.4 is 0 Å². The van der Waals surface area contributed by atoms with Crippen molar-refractivity contribution in [3.8, 4) is 0 Å². The lowest BCUT2D eigenvalue weighted by molar-refractivity contribution is 0.232. The second-order valence-corrected chi connectivity index (χ2v) is 1.92. The Hall–Kier alpha value is 0.900. The molecule has 0 saturated carbocycles. The van der Waals surface area contributed by atoms with Gasteiger partial charge in [-0.3, -0.25) is 0 Å². The molecule has 0 bridgehead atoms. The Kier molecular flexibility index (Phi) is 43.8. The highest BCUT2D eigenvalue weighted by molar-refractivity contribution is 7.51. The maximum absolute atomic E-state index is 8.29. The van der Waals surface area contributed by atoms with Crippen LogP contribution in [0.3, 0.4) is 0 Å². The molecular weight excluding hydrogens is 286 g/mol. The Balaban J connectivity index is -0.000000120. The van der Waals surface area contributed by atoms with Crippen molar-refractivity contribution in [1.29, 1.82) is 0 Å². The summed E-state index contributed by atoms with van der Waals surface area (Å²) in [5.74, 6) is 0. The summed E-state index contributed by atoms with van der Waals surface area (Å²) in [5.41, 5.74) is 0. The van der Waals surface area contributed by atoms with Gasteiger partial charge < -0.3 is 9.47 Å². The van der Waals surface area contributed by atoms with Crippen LogP contribution in [-0.2, 0) is 21.0 Å². The molecule has 0 aliphatic rings. The summed E-state index contributed by atoms with van der Waals surface area (Å²) in [6.07, 6.45) is 0. The number of ether oxygens (including phenoxy) is 2. The first kappa shape index (κ1) is 19.5. The molecule has 9 heteroatoms. The summed E-state index contributed by atoms with van der Waals surface area (Å²) in [6.45, 7) is 0. The third-order valence-electron chi connectivity index (χ3n) is 0.309. The Morgan fingerprint density at radius 3 is 0.923 bits per heavy atom. The van der Waals surface area contributed by atoms with E-state index in [2.05, 4.69) is 9.47 Å². The van der Waals surface area contributed by atoms with E-state index in [1.165, 1.54) is 0 Å². The van der Waals surface area contributed by atoms with E-state index in [1.807, 2.05) is 0 Å². The number of rotatable bonds is 4. The van der Waals surface area contributed by atoms with Crippen molar-refractivity contribution in [2.24, 2.45) is 0 Å². The molecule has 82 valence electrons. The van der Waals surface area contributed by atoms with Crippen molar-refractivity contribution < 1.29 is 17.9 Å². The van der Waals surface area contributed by atoms with Gasteiger partial charge in [-0.1, -0.05) is 46.4 Å². The molecule has 13 heavy (non-hydrogen) atoms. The Morgan fingerprint density at radius 2 is 0.923 bits per heavy atom. The van der Waals surface area contributed by atoms with Crippen molar-refractivity contribution in [1.82, 2.24) is 0 Å². The number of hydrogen-bond acceptors (Lipinski definition) is 4. The van der Waals surface area contributed by atoms with Gasteiger partial charge in [-0.2, -0.15) is 8.42 Å². The molecule has 0 aliphatic heterocycles. The predicted octanol–water partition coefficient (Wildman–Crippen LogP) is 2.12. The van der Waals surface area contributed by atoms with Gasteiger partial charge in [-0.15, -0.1) is 0 Å².